The molecular formula is C20H20N4. The molecule has 2 aromatic rings. The van der Waals surface area contributed by atoms with Gasteiger partial charge in [0, 0.05) is 25.0 Å². The molecule has 24 heavy (non-hydrogen) atoms. The van der Waals surface area contributed by atoms with E-state index in [1.165, 1.54) is 5.56 Å². The average Bonchev–Trinajstić information content (AvgIpc) is 3.03. The van der Waals surface area contributed by atoms with Gasteiger partial charge in [0.1, 0.15) is 5.84 Å². The number of hydrogen-bond acceptors (Lipinski definition) is 4. The zero-order valence-corrected chi connectivity index (χ0v) is 13.4. The molecule has 0 radical (unpaired) electrons. The first-order valence-corrected chi connectivity index (χ1v) is 8.18. The van der Waals surface area contributed by atoms with E-state index in [2.05, 4.69) is 63.6 Å². The first kappa shape index (κ1) is 14.6. The molecule has 0 saturated carbocycles. The van der Waals surface area contributed by atoms with Gasteiger partial charge in [-0.3, -0.25) is 0 Å². The third-order valence-corrected chi connectivity index (χ3v) is 4.36. The van der Waals surface area contributed by atoms with Crippen molar-refractivity contribution < 1.29 is 0 Å². The topological polar surface area (TPSA) is 44.9 Å². The fourth-order valence-electron chi connectivity index (χ4n) is 3.13. The van der Waals surface area contributed by atoms with Crippen molar-refractivity contribution in [1.82, 2.24) is 9.80 Å². The van der Waals surface area contributed by atoms with Gasteiger partial charge in [-0.2, -0.15) is 0 Å². The van der Waals surface area contributed by atoms with Crippen molar-refractivity contribution in [2.45, 2.75) is 12.7 Å². The molecule has 0 spiro atoms. The lowest BCUT2D eigenvalue weighted by molar-refractivity contribution is 0.209. The van der Waals surface area contributed by atoms with Gasteiger partial charge in [0.15, 0.2) is 0 Å². The van der Waals surface area contributed by atoms with Gasteiger partial charge < -0.3 is 15.5 Å². The molecule has 2 aliphatic rings. The Morgan fingerprint density at radius 3 is 2.38 bits per heavy atom. The Bertz CT molecular complexity index is 793. The van der Waals surface area contributed by atoms with Crippen LogP contribution in [0.25, 0.3) is 5.70 Å². The van der Waals surface area contributed by atoms with Crippen LogP contribution < -0.4 is 5.73 Å². The second-order valence-electron chi connectivity index (χ2n) is 5.97. The molecule has 4 nitrogen and oxygen atoms in total. The number of nitrogens with zero attached hydrogens (tertiary/aromatic N) is 3. The monoisotopic (exact) mass is 316 g/mol. The Morgan fingerprint density at radius 2 is 1.62 bits per heavy atom. The standard InChI is InChI=1S/C20H20N4/c21-19-15-18(17-9-5-2-6-10-17)24-14-13-23(20(24)22-19)12-11-16-7-3-1-4-8-16/h1-10,13-15,20H,11-12H2,(H2,21,22). The number of amidine groups is 1. The van der Waals surface area contributed by atoms with Crippen LogP contribution in [-0.4, -0.2) is 28.5 Å². The zero-order valence-electron chi connectivity index (χ0n) is 13.4. The van der Waals surface area contributed by atoms with E-state index in [0.717, 1.165) is 24.2 Å². The third-order valence-electron chi connectivity index (χ3n) is 4.36. The number of aliphatic imine (C=N–C) groups is 1. The van der Waals surface area contributed by atoms with Gasteiger partial charge in [0.25, 0.3) is 0 Å². The lowest BCUT2D eigenvalue weighted by Gasteiger charge is -2.34. The molecule has 2 heterocycles. The maximum atomic E-state index is 6.08. The highest BCUT2D eigenvalue weighted by Gasteiger charge is 2.31. The van der Waals surface area contributed by atoms with Crippen LogP contribution in [0.4, 0.5) is 0 Å². The quantitative estimate of drug-likeness (QED) is 0.943. The van der Waals surface area contributed by atoms with Crippen LogP contribution in [0.15, 0.2) is 84.1 Å². The first-order chi connectivity index (χ1) is 11.8. The molecule has 120 valence electrons. The number of rotatable bonds is 4. The minimum atomic E-state index is -0.0890. The molecular weight excluding hydrogens is 296 g/mol. The molecule has 2 aromatic carbocycles. The minimum Gasteiger partial charge on any atom is -0.384 e. The lowest BCUT2D eigenvalue weighted by atomic mass is 10.1. The summed E-state index contributed by atoms with van der Waals surface area (Å²) in [5.74, 6) is 0.573. The number of hydrogen-bond donors (Lipinski definition) is 1. The Morgan fingerprint density at radius 1 is 0.917 bits per heavy atom. The first-order valence-electron chi connectivity index (χ1n) is 8.18. The summed E-state index contributed by atoms with van der Waals surface area (Å²) in [6.45, 7) is 0.903. The summed E-state index contributed by atoms with van der Waals surface area (Å²) in [5, 5.41) is 0. The van der Waals surface area contributed by atoms with Crippen LogP contribution in [0, 0.1) is 0 Å². The van der Waals surface area contributed by atoms with Gasteiger partial charge in [-0.05, 0) is 17.5 Å². The van der Waals surface area contributed by atoms with Crippen molar-refractivity contribution in [2.24, 2.45) is 10.7 Å². The van der Waals surface area contributed by atoms with E-state index in [0.29, 0.717) is 5.84 Å². The van der Waals surface area contributed by atoms with Crippen molar-refractivity contribution in [3.05, 3.63) is 90.3 Å². The van der Waals surface area contributed by atoms with E-state index in [1.54, 1.807) is 0 Å². The van der Waals surface area contributed by atoms with Gasteiger partial charge in [0.2, 0.25) is 6.29 Å². The molecule has 1 unspecified atom stereocenters. The van der Waals surface area contributed by atoms with Gasteiger partial charge in [-0.1, -0.05) is 60.7 Å². The number of benzene rings is 2. The normalized spacial score (nSPS) is 19.1. The molecule has 0 amide bonds. The van der Waals surface area contributed by atoms with E-state index >= 15 is 0 Å². The summed E-state index contributed by atoms with van der Waals surface area (Å²) in [5.41, 5.74) is 9.65. The van der Waals surface area contributed by atoms with Crippen molar-refractivity contribution >= 4 is 11.5 Å². The van der Waals surface area contributed by atoms with E-state index in [9.17, 15) is 0 Å². The third kappa shape index (κ3) is 2.78. The van der Waals surface area contributed by atoms with Gasteiger partial charge in [-0.25, -0.2) is 4.99 Å². The van der Waals surface area contributed by atoms with E-state index in [4.69, 9.17) is 5.73 Å². The summed E-state index contributed by atoms with van der Waals surface area (Å²) in [7, 11) is 0. The molecule has 4 heteroatoms. The molecule has 0 aliphatic carbocycles. The summed E-state index contributed by atoms with van der Waals surface area (Å²) >= 11 is 0. The molecule has 0 fully saturated rings. The SMILES string of the molecule is NC1=NC2N(CCc3ccccc3)C=CN2C(c2ccccc2)=C1. The van der Waals surface area contributed by atoms with Crippen LogP contribution in [0.2, 0.25) is 0 Å². The van der Waals surface area contributed by atoms with E-state index in [1.807, 2.05) is 30.3 Å². The summed E-state index contributed by atoms with van der Waals surface area (Å²) < 4.78 is 0. The summed E-state index contributed by atoms with van der Waals surface area (Å²) in [6.07, 6.45) is 7.03. The van der Waals surface area contributed by atoms with Crippen LogP contribution >= 0.6 is 0 Å². The maximum Gasteiger partial charge on any atom is 0.204 e. The fourth-order valence-corrected chi connectivity index (χ4v) is 3.13. The van der Waals surface area contributed by atoms with E-state index in [-0.39, 0.29) is 6.29 Å². The zero-order chi connectivity index (χ0) is 16.4. The minimum absolute atomic E-state index is 0.0890. The van der Waals surface area contributed by atoms with Crippen LogP contribution in [-0.2, 0) is 6.42 Å². The summed E-state index contributed by atoms with van der Waals surface area (Å²) in [4.78, 5) is 9.03. The number of nitrogens with two attached hydrogens (primary N) is 1. The highest BCUT2D eigenvalue weighted by atomic mass is 15.5. The predicted molar refractivity (Wildman–Crippen MR) is 97.7 cm³/mol. The second kappa shape index (κ2) is 6.24. The lowest BCUT2D eigenvalue weighted by Crippen LogP contribution is -2.41. The van der Waals surface area contributed by atoms with Gasteiger partial charge in [0.05, 0.1) is 5.70 Å². The van der Waals surface area contributed by atoms with Gasteiger partial charge in [-0.15, -0.1) is 0 Å². The van der Waals surface area contributed by atoms with Gasteiger partial charge >= 0.3 is 0 Å². The highest BCUT2D eigenvalue weighted by molar-refractivity contribution is 5.99. The van der Waals surface area contributed by atoms with E-state index < -0.39 is 0 Å². The predicted octanol–water partition coefficient (Wildman–Crippen LogP) is 3.01. The smallest absolute Gasteiger partial charge is 0.204 e. The molecule has 0 saturated heterocycles. The van der Waals surface area contributed by atoms with Crippen LogP contribution in [0.3, 0.4) is 0 Å². The molecule has 4 rings (SSSR count). The summed E-state index contributed by atoms with van der Waals surface area (Å²) in [6, 6.07) is 20.8. The van der Waals surface area contributed by atoms with Crippen molar-refractivity contribution in [3.63, 3.8) is 0 Å². The Hall–Kier alpha value is -3.01. The number of fused-ring (bicyclic) bond motifs is 1. The average molecular weight is 316 g/mol. The largest absolute Gasteiger partial charge is 0.384 e. The van der Waals surface area contributed by atoms with Crippen molar-refractivity contribution in [3.8, 4) is 0 Å². The highest BCUT2D eigenvalue weighted by Crippen LogP contribution is 2.31. The van der Waals surface area contributed by atoms with Crippen LogP contribution in [0.5, 0.6) is 0 Å². The Labute approximate surface area is 142 Å². The molecule has 1 atom stereocenters. The maximum absolute atomic E-state index is 6.08. The Balaban J connectivity index is 1.53. The Kier molecular flexibility index (Phi) is 3.79. The fraction of sp³-hybridized carbons (Fsp3) is 0.150. The van der Waals surface area contributed by atoms with Crippen molar-refractivity contribution in [1.29, 1.82) is 0 Å². The molecule has 2 aliphatic heterocycles. The molecule has 0 aromatic heterocycles. The van der Waals surface area contributed by atoms with Crippen molar-refractivity contribution in [2.75, 3.05) is 6.54 Å². The van der Waals surface area contributed by atoms with Crippen LogP contribution in [0.1, 0.15) is 11.1 Å². The second-order valence-corrected chi connectivity index (χ2v) is 5.97. The molecule has 0 bridgehead atoms. The molecule has 2 N–H and O–H groups in total.